The normalized spacial score (nSPS) is 13.1. The van der Waals surface area contributed by atoms with E-state index < -0.39 is 5.97 Å². The lowest BCUT2D eigenvalue weighted by molar-refractivity contribution is -0.137. The molecule has 0 saturated heterocycles. The predicted octanol–water partition coefficient (Wildman–Crippen LogP) is 14.5. The van der Waals surface area contributed by atoms with Crippen LogP contribution in [0.15, 0.2) is 109 Å². The van der Waals surface area contributed by atoms with E-state index in [9.17, 15) is 4.79 Å². The minimum atomic E-state index is -0.660. The van der Waals surface area contributed by atoms with Crippen molar-refractivity contribution in [1.82, 2.24) is 0 Å². The van der Waals surface area contributed by atoms with Crippen LogP contribution in [0.1, 0.15) is 161 Å². The Bertz CT molecular complexity index is 906. The van der Waals surface area contributed by atoms with E-state index in [1.54, 1.807) is 0 Å². The van der Waals surface area contributed by atoms with E-state index in [1.165, 1.54) is 77.0 Å². The quantitative estimate of drug-likeness (QED) is 0.0578. The topological polar surface area (TPSA) is 37.3 Å². The van der Waals surface area contributed by atoms with Crippen LogP contribution in [0.4, 0.5) is 0 Å². The molecule has 0 aliphatic heterocycles. The van der Waals surface area contributed by atoms with Crippen molar-refractivity contribution in [3.8, 4) is 0 Å². The molecule has 1 N–H and O–H groups in total. The average Bonchev–Trinajstić information content (AvgIpc) is 3.05. The standard InChI is InChI=1S/C44H70O2/c1-2-3-4-5-6-7-8-9-10-11-12-13-14-15-16-17-18-19-20-21-22-23-24-25-26-27-28-29-30-31-32-33-34-35-36-37-38-39-40-41-42-43-44(45)46/h3-4,6-7,9-10,12-13,15-16,18-19,21-22,24-25,27-28H,2,5,8,11,14,17,20,23,26,29-43H2,1H3,(H,45,46)/b4-3-,7-6-,10-9-,13-12-,16-15-,19-18-,22-21-,25-24-,28-27-. The molecule has 2 heteroatoms. The molecule has 0 spiro atoms. The number of aliphatic carboxylic acids is 1. The predicted molar refractivity (Wildman–Crippen MR) is 206 cm³/mol. The Morgan fingerprint density at radius 2 is 0.587 bits per heavy atom. The highest BCUT2D eigenvalue weighted by Crippen LogP contribution is 2.13. The number of carbonyl (C=O) groups is 1. The Morgan fingerprint density at radius 3 is 0.870 bits per heavy atom. The fraction of sp³-hybridized carbons (Fsp3) is 0.568. The van der Waals surface area contributed by atoms with Crippen molar-refractivity contribution in [1.29, 1.82) is 0 Å². The first kappa shape index (κ1) is 43.1. The molecular formula is C44H70O2. The molecule has 0 atom stereocenters. The van der Waals surface area contributed by atoms with Crippen molar-refractivity contribution in [2.24, 2.45) is 0 Å². The van der Waals surface area contributed by atoms with Gasteiger partial charge in [-0.05, 0) is 77.0 Å². The number of carboxylic acids is 1. The maximum absolute atomic E-state index is 10.5. The summed E-state index contributed by atoms with van der Waals surface area (Å²) in [4.78, 5) is 10.5. The van der Waals surface area contributed by atoms with Crippen molar-refractivity contribution in [2.75, 3.05) is 0 Å². The van der Waals surface area contributed by atoms with Gasteiger partial charge in [0.2, 0.25) is 0 Å². The Morgan fingerprint density at radius 1 is 0.348 bits per heavy atom. The number of allylic oxidation sites excluding steroid dienone is 18. The van der Waals surface area contributed by atoms with E-state index in [1.807, 2.05) is 0 Å². The van der Waals surface area contributed by atoms with E-state index in [2.05, 4.69) is 116 Å². The first-order chi connectivity index (χ1) is 22.8. The second kappa shape index (κ2) is 40.2. The van der Waals surface area contributed by atoms with Gasteiger partial charge in [-0.1, -0.05) is 187 Å². The molecule has 258 valence electrons. The van der Waals surface area contributed by atoms with Crippen molar-refractivity contribution < 1.29 is 9.90 Å². The van der Waals surface area contributed by atoms with Crippen LogP contribution in [-0.2, 0) is 4.79 Å². The summed E-state index contributed by atoms with van der Waals surface area (Å²) in [7, 11) is 0. The van der Waals surface area contributed by atoms with Gasteiger partial charge in [0.25, 0.3) is 0 Å². The van der Waals surface area contributed by atoms with Gasteiger partial charge in [-0.25, -0.2) is 0 Å². The number of hydrogen-bond acceptors (Lipinski definition) is 1. The molecule has 0 rings (SSSR count). The number of carboxylic acid groups (broad SMARTS) is 1. The zero-order valence-electron chi connectivity index (χ0n) is 29.7. The first-order valence-electron chi connectivity index (χ1n) is 18.8. The van der Waals surface area contributed by atoms with E-state index in [-0.39, 0.29) is 0 Å². The zero-order chi connectivity index (χ0) is 33.3. The molecule has 0 radical (unpaired) electrons. The fourth-order valence-corrected chi connectivity index (χ4v) is 4.94. The molecule has 0 unspecified atom stereocenters. The SMILES string of the molecule is CC/C=C\C/C=C\C/C=C\C/C=C\C/C=C\C/C=C\C/C=C\C/C=C\C/C=C\CCCCCCCCCCCCCCCC(=O)O. The van der Waals surface area contributed by atoms with Crippen molar-refractivity contribution in [3.05, 3.63) is 109 Å². The molecule has 0 aromatic carbocycles. The van der Waals surface area contributed by atoms with Gasteiger partial charge >= 0.3 is 5.97 Å². The second-order valence-corrected chi connectivity index (χ2v) is 12.1. The molecule has 0 heterocycles. The van der Waals surface area contributed by atoms with Gasteiger partial charge in [-0.3, -0.25) is 4.79 Å². The van der Waals surface area contributed by atoms with Crippen molar-refractivity contribution >= 4 is 5.97 Å². The third kappa shape index (κ3) is 41.1. The van der Waals surface area contributed by atoms with Crippen LogP contribution >= 0.6 is 0 Å². The van der Waals surface area contributed by atoms with Crippen LogP contribution in [0, 0.1) is 0 Å². The van der Waals surface area contributed by atoms with Crippen molar-refractivity contribution in [2.45, 2.75) is 161 Å². The minimum Gasteiger partial charge on any atom is -0.481 e. The Balaban J connectivity index is 3.44. The largest absolute Gasteiger partial charge is 0.481 e. The first-order valence-corrected chi connectivity index (χ1v) is 18.8. The van der Waals surface area contributed by atoms with Gasteiger partial charge in [0, 0.05) is 6.42 Å². The van der Waals surface area contributed by atoms with Crippen LogP contribution in [0.5, 0.6) is 0 Å². The van der Waals surface area contributed by atoms with Gasteiger partial charge in [-0.2, -0.15) is 0 Å². The summed E-state index contributed by atoms with van der Waals surface area (Å²) in [5.41, 5.74) is 0. The van der Waals surface area contributed by atoms with Crippen molar-refractivity contribution in [3.63, 3.8) is 0 Å². The summed E-state index contributed by atoms with van der Waals surface area (Å²) in [5.74, 6) is -0.660. The van der Waals surface area contributed by atoms with Gasteiger partial charge < -0.3 is 5.11 Å². The summed E-state index contributed by atoms with van der Waals surface area (Å²) in [6, 6.07) is 0. The summed E-state index contributed by atoms with van der Waals surface area (Å²) in [6.45, 7) is 2.17. The summed E-state index contributed by atoms with van der Waals surface area (Å²) in [5, 5.41) is 8.64. The van der Waals surface area contributed by atoms with E-state index in [0.717, 1.165) is 70.6 Å². The highest BCUT2D eigenvalue weighted by Gasteiger charge is 1.97. The summed E-state index contributed by atoms with van der Waals surface area (Å²) < 4.78 is 0. The number of rotatable bonds is 33. The Hall–Kier alpha value is -2.87. The smallest absolute Gasteiger partial charge is 0.303 e. The highest BCUT2D eigenvalue weighted by molar-refractivity contribution is 5.66. The molecule has 0 aromatic rings. The molecule has 0 aliphatic carbocycles. The lowest BCUT2D eigenvalue weighted by Gasteiger charge is -2.03. The second-order valence-electron chi connectivity index (χ2n) is 12.1. The number of hydrogen-bond donors (Lipinski definition) is 1. The third-order valence-electron chi connectivity index (χ3n) is 7.67. The van der Waals surface area contributed by atoms with E-state index in [0.29, 0.717) is 6.42 Å². The molecular weight excluding hydrogens is 560 g/mol. The van der Waals surface area contributed by atoms with E-state index >= 15 is 0 Å². The van der Waals surface area contributed by atoms with Crippen LogP contribution in [0.3, 0.4) is 0 Å². The lowest BCUT2D eigenvalue weighted by Crippen LogP contribution is -1.93. The molecule has 0 saturated carbocycles. The molecule has 2 nitrogen and oxygen atoms in total. The zero-order valence-corrected chi connectivity index (χ0v) is 29.7. The third-order valence-corrected chi connectivity index (χ3v) is 7.67. The fourth-order valence-electron chi connectivity index (χ4n) is 4.94. The summed E-state index contributed by atoms with van der Waals surface area (Å²) in [6.07, 6.45) is 68.0. The lowest BCUT2D eigenvalue weighted by atomic mass is 10.0. The van der Waals surface area contributed by atoms with Gasteiger partial charge in [0.05, 0.1) is 0 Å². The van der Waals surface area contributed by atoms with Crippen LogP contribution in [0.25, 0.3) is 0 Å². The van der Waals surface area contributed by atoms with Gasteiger partial charge in [-0.15, -0.1) is 0 Å². The molecule has 0 aromatic heterocycles. The number of unbranched alkanes of at least 4 members (excludes halogenated alkanes) is 13. The molecule has 46 heavy (non-hydrogen) atoms. The Labute approximate surface area is 285 Å². The summed E-state index contributed by atoms with van der Waals surface area (Å²) >= 11 is 0. The minimum absolute atomic E-state index is 0.333. The Kier molecular flexibility index (Phi) is 37.6. The van der Waals surface area contributed by atoms with E-state index in [4.69, 9.17) is 5.11 Å². The monoisotopic (exact) mass is 631 g/mol. The molecule has 0 aliphatic rings. The maximum Gasteiger partial charge on any atom is 0.303 e. The molecule has 0 bridgehead atoms. The highest BCUT2D eigenvalue weighted by atomic mass is 16.4. The molecule has 0 amide bonds. The maximum atomic E-state index is 10.5. The van der Waals surface area contributed by atoms with Crippen LogP contribution < -0.4 is 0 Å². The van der Waals surface area contributed by atoms with Crippen LogP contribution in [0.2, 0.25) is 0 Å². The molecule has 0 fully saturated rings. The van der Waals surface area contributed by atoms with Gasteiger partial charge in [0.1, 0.15) is 0 Å². The average molecular weight is 631 g/mol. The van der Waals surface area contributed by atoms with Gasteiger partial charge in [0.15, 0.2) is 0 Å². The van der Waals surface area contributed by atoms with Crippen LogP contribution in [-0.4, -0.2) is 11.1 Å².